The number of unbranched alkanes of at least 4 members (excludes halogenated alkanes) is 1. The van der Waals surface area contributed by atoms with Gasteiger partial charge in [-0.1, -0.05) is 67.4 Å². The van der Waals surface area contributed by atoms with E-state index in [1.165, 1.54) is 5.56 Å². The summed E-state index contributed by atoms with van der Waals surface area (Å²) in [6, 6.07) is 18.0. The summed E-state index contributed by atoms with van der Waals surface area (Å²) in [4.78, 5) is 30.5. The number of amides is 3. The Kier molecular flexibility index (Phi) is 11.0. The Morgan fingerprint density at radius 1 is 1.00 bits per heavy atom. The van der Waals surface area contributed by atoms with Crippen molar-refractivity contribution in [3.63, 3.8) is 0 Å². The lowest BCUT2D eigenvalue weighted by Crippen LogP contribution is -2.46. The third-order valence-corrected chi connectivity index (χ3v) is 7.25. The molecular weight excluding hydrogens is 540 g/mol. The number of aromatic nitrogens is 1. The zero-order chi connectivity index (χ0) is 27.7. The molecule has 0 fully saturated rings. The monoisotopic (exact) mass is 580 g/mol. The molecule has 3 aromatic rings. The van der Waals surface area contributed by atoms with Gasteiger partial charge in [0.1, 0.15) is 6.54 Å². The Bertz CT molecular complexity index is 1200. The normalized spacial score (nSPS) is 11.0. The van der Waals surface area contributed by atoms with Crippen molar-refractivity contribution >= 4 is 33.6 Å². The minimum Gasteiger partial charge on any atom is -0.345 e. The van der Waals surface area contributed by atoms with E-state index in [4.69, 9.17) is 0 Å². The molecule has 3 amide bonds. The number of hydrogen-bond donors (Lipinski definition) is 1. The van der Waals surface area contributed by atoms with Gasteiger partial charge >= 0.3 is 6.03 Å². The minimum atomic E-state index is -0.241. The van der Waals surface area contributed by atoms with Gasteiger partial charge in [0.15, 0.2) is 0 Å². The highest BCUT2D eigenvalue weighted by molar-refractivity contribution is 9.10. The predicted octanol–water partition coefficient (Wildman–Crippen LogP) is 7.23. The van der Waals surface area contributed by atoms with Crippen LogP contribution in [-0.2, 0) is 17.9 Å². The molecule has 1 aromatic heterocycles. The van der Waals surface area contributed by atoms with E-state index in [-0.39, 0.29) is 24.4 Å². The summed E-state index contributed by atoms with van der Waals surface area (Å²) in [5.74, 6) is 0.200. The minimum absolute atomic E-state index is 0.0356. The SMILES string of the molecule is CCCCN(Cc1cccn1Cc1ccc(Br)cc1)C(=O)CN(CC(C)C)C(=O)Nc1cccc(C)c1C. The van der Waals surface area contributed by atoms with E-state index in [0.717, 1.165) is 46.4 Å². The van der Waals surface area contributed by atoms with E-state index < -0.39 is 0 Å². The maximum atomic E-state index is 13.6. The molecule has 2 aromatic carbocycles. The number of nitrogens with one attached hydrogen (secondary N) is 1. The average molecular weight is 582 g/mol. The van der Waals surface area contributed by atoms with Crippen molar-refractivity contribution in [3.05, 3.63) is 87.7 Å². The molecular formula is C31H41BrN4O2. The van der Waals surface area contributed by atoms with Gasteiger partial charge in [-0.15, -0.1) is 0 Å². The molecule has 0 aliphatic carbocycles. The maximum absolute atomic E-state index is 13.6. The lowest BCUT2D eigenvalue weighted by molar-refractivity contribution is -0.132. The second kappa shape index (κ2) is 14.2. The van der Waals surface area contributed by atoms with Crippen LogP contribution in [0.3, 0.4) is 0 Å². The van der Waals surface area contributed by atoms with Gasteiger partial charge in [0.25, 0.3) is 0 Å². The van der Waals surface area contributed by atoms with Crippen LogP contribution in [0.25, 0.3) is 0 Å². The number of carbonyl (C=O) groups is 2. The third kappa shape index (κ3) is 8.48. The smallest absolute Gasteiger partial charge is 0.322 e. The van der Waals surface area contributed by atoms with Gasteiger partial charge in [-0.05, 0) is 73.2 Å². The number of carbonyl (C=O) groups excluding carboxylic acids is 2. The molecule has 7 heteroatoms. The van der Waals surface area contributed by atoms with Crippen LogP contribution >= 0.6 is 15.9 Å². The Hall–Kier alpha value is -3.06. The van der Waals surface area contributed by atoms with E-state index in [2.05, 4.69) is 71.0 Å². The van der Waals surface area contributed by atoms with E-state index >= 15 is 0 Å². The molecule has 0 radical (unpaired) electrons. The summed E-state index contributed by atoms with van der Waals surface area (Å²) < 4.78 is 3.24. The topological polar surface area (TPSA) is 57.6 Å². The van der Waals surface area contributed by atoms with Crippen molar-refractivity contribution in [1.82, 2.24) is 14.4 Å². The Morgan fingerprint density at radius 3 is 2.42 bits per heavy atom. The highest BCUT2D eigenvalue weighted by atomic mass is 79.9. The van der Waals surface area contributed by atoms with Crippen molar-refractivity contribution in [1.29, 1.82) is 0 Å². The summed E-state index contributed by atoms with van der Waals surface area (Å²) in [6.45, 7) is 12.7. The predicted molar refractivity (Wildman–Crippen MR) is 159 cm³/mol. The third-order valence-electron chi connectivity index (χ3n) is 6.72. The van der Waals surface area contributed by atoms with Crippen LogP contribution in [0.5, 0.6) is 0 Å². The lowest BCUT2D eigenvalue weighted by Gasteiger charge is -2.29. The van der Waals surface area contributed by atoms with Crippen molar-refractivity contribution < 1.29 is 9.59 Å². The summed E-state index contributed by atoms with van der Waals surface area (Å²) >= 11 is 3.50. The Labute approximate surface area is 236 Å². The van der Waals surface area contributed by atoms with Crippen LogP contribution in [0.15, 0.2) is 65.3 Å². The van der Waals surface area contributed by atoms with E-state index in [9.17, 15) is 9.59 Å². The molecule has 0 aliphatic heterocycles. The first kappa shape index (κ1) is 29.5. The maximum Gasteiger partial charge on any atom is 0.322 e. The van der Waals surface area contributed by atoms with Crippen LogP contribution < -0.4 is 5.32 Å². The number of anilines is 1. The number of rotatable bonds is 12. The molecule has 1 heterocycles. The largest absolute Gasteiger partial charge is 0.345 e. The molecule has 1 N–H and O–H groups in total. The van der Waals surface area contributed by atoms with Crippen LogP contribution in [0.4, 0.5) is 10.5 Å². The number of benzene rings is 2. The molecule has 0 saturated heterocycles. The first-order valence-electron chi connectivity index (χ1n) is 13.5. The van der Waals surface area contributed by atoms with E-state index in [0.29, 0.717) is 19.6 Å². The quantitative estimate of drug-likeness (QED) is 0.245. The van der Waals surface area contributed by atoms with Crippen molar-refractivity contribution in [2.75, 3.05) is 25.0 Å². The number of nitrogens with zero attached hydrogens (tertiary/aromatic N) is 3. The van der Waals surface area contributed by atoms with Crippen molar-refractivity contribution in [3.8, 4) is 0 Å². The van der Waals surface area contributed by atoms with Gasteiger partial charge < -0.3 is 19.7 Å². The molecule has 204 valence electrons. The first-order chi connectivity index (χ1) is 18.2. The molecule has 6 nitrogen and oxygen atoms in total. The summed E-state index contributed by atoms with van der Waals surface area (Å²) in [7, 11) is 0. The standard InChI is InChI=1S/C31H41BrN4O2/c1-6-7-17-35(21-28-11-9-18-34(28)20-26-13-15-27(32)16-14-26)30(37)22-36(19-23(2)3)31(38)33-29-12-8-10-24(4)25(29)5/h8-16,18,23H,6-7,17,19-22H2,1-5H3,(H,33,38). The summed E-state index contributed by atoms with van der Waals surface area (Å²) in [5, 5.41) is 3.04. The molecule has 0 spiro atoms. The number of aryl methyl sites for hydroxylation is 1. The zero-order valence-electron chi connectivity index (χ0n) is 23.3. The van der Waals surface area contributed by atoms with Crippen LogP contribution in [0, 0.1) is 19.8 Å². The molecule has 0 aliphatic rings. The average Bonchev–Trinajstić information content (AvgIpc) is 3.31. The van der Waals surface area contributed by atoms with Gasteiger partial charge in [0, 0.05) is 41.7 Å². The molecule has 0 unspecified atom stereocenters. The molecule has 0 saturated carbocycles. The van der Waals surface area contributed by atoms with Crippen LogP contribution in [0.2, 0.25) is 0 Å². The highest BCUT2D eigenvalue weighted by Crippen LogP contribution is 2.19. The zero-order valence-corrected chi connectivity index (χ0v) is 24.9. The fraction of sp³-hybridized carbons (Fsp3) is 0.419. The summed E-state index contributed by atoms with van der Waals surface area (Å²) in [5.41, 5.74) is 5.21. The first-order valence-corrected chi connectivity index (χ1v) is 14.3. The van der Waals surface area contributed by atoms with Crippen molar-refractivity contribution in [2.24, 2.45) is 5.92 Å². The fourth-order valence-corrected chi connectivity index (χ4v) is 4.64. The molecule has 0 bridgehead atoms. The second-order valence-electron chi connectivity index (χ2n) is 10.4. The fourth-order valence-electron chi connectivity index (χ4n) is 4.37. The molecule has 3 rings (SSSR count). The van der Waals surface area contributed by atoms with Crippen molar-refractivity contribution in [2.45, 2.75) is 60.5 Å². The van der Waals surface area contributed by atoms with Crippen LogP contribution in [0.1, 0.15) is 56.0 Å². The van der Waals surface area contributed by atoms with Gasteiger partial charge in [-0.2, -0.15) is 0 Å². The highest BCUT2D eigenvalue weighted by Gasteiger charge is 2.23. The molecule has 38 heavy (non-hydrogen) atoms. The Morgan fingerprint density at radius 2 is 1.74 bits per heavy atom. The van der Waals surface area contributed by atoms with E-state index in [1.807, 2.05) is 55.1 Å². The van der Waals surface area contributed by atoms with Gasteiger partial charge in [0.2, 0.25) is 5.91 Å². The van der Waals surface area contributed by atoms with Gasteiger partial charge in [-0.25, -0.2) is 4.79 Å². The summed E-state index contributed by atoms with van der Waals surface area (Å²) in [6.07, 6.45) is 3.97. The van der Waals surface area contributed by atoms with Gasteiger partial charge in [-0.3, -0.25) is 4.79 Å². The van der Waals surface area contributed by atoms with E-state index in [1.54, 1.807) is 4.90 Å². The second-order valence-corrected chi connectivity index (χ2v) is 11.3. The number of halogens is 1. The van der Waals surface area contributed by atoms with Gasteiger partial charge in [0.05, 0.1) is 6.54 Å². The lowest BCUT2D eigenvalue weighted by atomic mass is 10.1. The Balaban J connectivity index is 1.75. The molecule has 0 atom stereocenters. The van der Waals surface area contributed by atoms with Crippen LogP contribution in [-0.4, -0.2) is 45.9 Å². The number of urea groups is 1. The number of hydrogen-bond acceptors (Lipinski definition) is 2.